The second-order valence-electron chi connectivity index (χ2n) is 24.4. The molecule has 2 aromatic rings. The van der Waals surface area contributed by atoms with E-state index >= 15 is 0 Å². The van der Waals surface area contributed by atoms with Crippen molar-refractivity contribution in [3.8, 4) is 0 Å². The summed E-state index contributed by atoms with van der Waals surface area (Å²) in [5.41, 5.74) is 6.89. The van der Waals surface area contributed by atoms with Crippen LogP contribution in [0.4, 0.5) is 0 Å². The molecule has 1 aromatic carbocycles. The maximum absolute atomic E-state index is 14.7. The average Bonchev–Trinajstić information content (AvgIpc) is 1.87. The van der Waals surface area contributed by atoms with Gasteiger partial charge < -0.3 is 83.7 Å². The molecule has 0 aliphatic carbocycles. The summed E-state index contributed by atoms with van der Waals surface area (Å²) >= 11 is 1.48. The van der Waals surface area contributed by atoms with Crippen LogP contribution in [0.2, 0.25) is 0 Å². The third kappa shape index (κ3) is 26.5. The molecule has 3 heterocycles. The maximum atomic E-state index is 14.7. The fraction of sp³-hybridized carbons (Fsp3) is 0.651. The second-order valence-corrected chi connectivity index (χ2v) is 25.5. The van der Waals surface area contributed by atoms with E-state index in [1.807, 2.05) is 20.8 Å². The van der Waals surface area contributed by atoms with Crippen molar-refractivity contribution in [1.82, 2.24) is 63.1 Å². The van der Waals surface area contributed by atoms with Crippen LogP contribution in [0.15, 0.2) is 47.8 Å². The molecule has 510 valence electrons. The van der Waals surface area contributed by atoms with Crippen molar-refractivity contribution in [3.05, 3.63) is 54.1 Å². The van der Waals surface area contributed by atoms with Gasteiger partial charge in [0.1, 0.15) is 60.4 Å². The number of benzene rings is 1. The Kier molecular flexibility index (Phi) is 35.0. The molecule has 0 bridgehead atoms. The fourth-order valence-corrected chi connectivity index (χ4v) is 11.6. The van der Waals surface area contributed by atoms with Crippen molar-refractivity contribution >= 4 is 87.8 Å². The molecule has 14 atom stereocenters. The minimum absolute atomic E-state index is 0. The van der Waals surface area contributed by atoms with Gasteiger partial charge in [-0.05, 0) is 87.1 Å². The fourth-order valence-electron chi connectivity index (χ4n) is 10.3. The van der Waals surface area contributed by atoms with Gasteiger partial charge in [-0.15, -0.1) is 11.8 Å². The van der Waals surface area contributed by atoms with E-state index in [2.05, 4.69) is 82.0 Å². The maximum Gasteiger partial charge on any atom is 2.00 e. The molecule has 2 aliphatic heterocycles. The Labute approximate surface area is 561 Å². The monoisotopic (exact) mass is 1370 g/mol. The SMILES string of the molecule is CCC(C)C(C)C1=NC(C(=O)NC(CC(C)C)C(=O)NC(CCC(=O)[O-])C(=O)NC(C(=O)NC2CCCCNC(=O)C(CC(=O)[O-])NC(=O)C(Cc3cnc[nH]3)NC(=O)C(Cc3ccccc3)NC(=O)C(C(C)CC)NC(=O)C(CCCN)NC2=O)C(C)CC)CS1.[Zn+2]. The number of hydrogen-bond acceptors (Lipinski definition) is 18. The number of rotatable bonds is 29. The zero-order chi connectivity index (χ0) is 68.2. The zero-order valence-electron chi connectivity index (χ0n) is 55.0. The Morgan fingerprint density at radius 1 is 0.688 bits per heavy atom. The Balaban J connectivity index is 0.0000226. The van der Waals surface area contributed by atoms with Crippen LogP contribution in [-0.2, 0) is 89.9 Å². The summed E-state index contributed by atoms with van der Waals surface area (Å²) in [5, 5.41) is 51.5. The van der Waals surface area contributed by atoms with Gasteiger partial charge in [0.05, 0.1) is 11.4 Å². The minimum Gasteiger partial charge on any atom is -0.550 e. The van der Waals surface area contributed by atoms with Crippen LogP contribution in [0, 0.1) is 29.6 Å². The number of nitrogens with zero attached hydrogens (tertiary/aromatic N) is 2. The van der Waals surface area contributed by atoms with Crippen LogP contribution in [0.1, 0.15) is 151 Å². The smallest absolute Gasteiger partial charge is 0.550 e. The third-order valence-electron chi connectivity index (χ3n) is 16.8. The number of aromatic amines is 1. The van der Waals surface area contributed by atoms with Crippen molar-refractivity contribution in [2.45, 2.75) is 213 Å². The van der Waals surface area contributed by atoms with Crippen molar-refractivity contribution in [1.29, 1.82) is 0 Å². The Morgan fingerprint density at radius 2 is 1.31 bits per heavy atom. The van der Waals surface area contributed by atoms with Crippen LogP contribution >= 0.6 is 11.8 Å². The molecule has 0 spiro atoms. The number of carbonyl (C=O) groups is 12. The first-order chi connectivity index (χ1) is 43.7. The minimum atomic E-state index is -1.73. The molecule has 4 rings (SSSR count). The van der Waals surface area contributed by atoms with Crippen molar-refractivity contribution < 1.29 is 87.2 Å². The molecule has 13 N–H and O–H groups in total. The van der Waals surface area contributed by atoms with E-state index in [0.29, 0.717) is 29.3 Å². The van der Waals surface area contributed by atoms with E-state index in [1.54, 1.807) is 58.0 Å². The number of H-pyrrole nitrogens is 1. The number of aromatic nitrogens is 2. The first kappa shape index (κ1) is 79.9. The Bertz CT molecular complexity index is 2850. The van der Waals surface area contributed by atoms with Crippen LogP contribution in [0.5, 0.6) is 0 Å². The van der Waals surface area contributed by atoms with E-state index in [9.17, 15) is 67.7 Å². The number of aliphatic carboxylic acids is 2. The van der Waals surface area contributed by atoms with Gasteiger partial charge in [-0.2, -0.15) is 0 Å². The molecule has 30 heteroatoms. The molecule has 1 fully saturated rings. The van der Waals surface area contributed by atoms with Crippen molar-refractivity contribution in [2.24, 2.45) is 40.3 Å². The largest absolute Gasteiger partial charge is 2.00 e. The summed E-state index contributed by atoms with van der Waals surface area (Å²) in [6, 6.07) is -5.21. The zero-order valence-corrected chi connectivity index (χ0v) is 58.8. The predicted molar refractivity (Wildman–Crippen MR) is 339 cm³/mol. The number of carbonyl (C=O) groups excluding carboxylic acids is 12. The number of carboxylic acid groups (broad SMARTS) is 2. The number of carboxylic acids is 2. The average molecular weight is 1370 g/mol. The van der Waals surface area contributed by atoms with Crippen molar-refractivity contribution in [3.63, 3.8) is 0 Å². The summed E-state index contributed by atoms with van der Waals surface area (Å²) in [4.78, 5) is 179. The van der Waals surface area contributed by atoms with E-state index in [4.69, 9.17) is 5.73 Å². The van der Waals surface area contributed by atoms with Crippen LogP contribution in [0.3, 0.4) is 0 Å². The molecule has 1 aromatic heterocycles. The molecule has 1 saturated heterocycles. The number of nitrogens with two attached hydrogens (primary N) is 1. The summed E-state index contributed by atoms with van der Waals surface area (Å²) in [6.45, 7) is 16.6. The standard InChI is InChI=1S/C63H98N14O14S.Zn/c1-10-35(6)38(9)63-75-48(32-92-63)60(89)71-44(27-34(4)5)57(86)69-43(23-24-49(78)79)56(85)77-51(36(7)11-2)61(90)70-41-21-16-17-26-66-53(82)47(30-50(80)81)73-59(88)46(29-40-31-65-33-67-40)72-58(87)45(28-39-19-14-13-15-20-39)74-62(91)52(37(8)12-3)76-55(84)42(22-18-25-64)68-54(41)83;/h13-15,19-20,31,33-38,41-48,51-52H,10-12,16-18,21-30,32,64H2,1-9H3,(H,65,67)(H,66,82)(H,68,83)(H,69,86)(H,70,90)(H,71,89)(H,72,87)(H,73,88)(H,74,91)(H,76,84)(H,77,85)(H,78,79)(H,80,81);/q;+2/p-2. The number of imidazole rings is 1. The quantitative estimate of drug-likeness (QED) is 0.0417. The predicted octanol–water partition coefficient (Wildman–Crippen LogP) is -1.40. The molecular formula is C63H96N14O14SZn. The van der Waals surface area contributed by atoms with Gasteiger partial charge >= 0.3 is 19.5 Å². The van der Waals surface area contributed by atoms with Crippen molar-refractivity contribution in [2.75, 3.05) is 18.8 Å². The van der Waals surface area contributed by atoms with Gasteiger partial charge in [-0.1, -0.05) is 112 Å². The van der Waals surface area contributed by atoms with E-state index in [1.165, 1.54) is 24.3 Å². The number of thioether (sulfide) groups is 1. The van der Waals surface area contributed by atoms with Gasteiger partial charge in [0, 0.05) is 61.3 Å². The Morgan fingerprint density at radius 3 is 1.91 bits per heavy atom. The first-order valence-corrected chi connectivity index (χ1v) is 33.0. The summed E-state index contributed by atoms with van der Waals surface area (Å²) < 4.78 is 0. The van der Waals surface area contributed by atoms with E-state index in [0.717, 1.165) is 11.5 Å². The third-order valence-corrected chi connectivity index (χ3v) is 18.0. The molecule has 0 saturated carbocycles. The number of aliphatic imine (C=N–C) groups is 1. The van der Waals surface area contributed by atoms with Gasteiger partial charge in [-0.3, -0.25) is 52.9 Å². The van der Waals surface area contributed by atoms with Gasteiger partial charge in [0.25, 0.3) is 0 Å². The Hall–Kier alpha value is -7.33. The van der Waals surface area contributed by atoms with E-state index in [-0.39, 0.29) is 102 Å². The molecule has 28 nitrogen and oxygen atoms in total. The normalized spacial score (nSPS) is 22.8. The topological polar surface area (TPSA) is 438 Å². The van der Waals surface area contributed by atoms with Crippen LogP contribution in [-0.4, -0.2) is 165 Å². The molecular weight excluding hydrogens is 1270 g/mol. The molecule has 14 unspecified atom stereocenters. The van der Waals surface area contributed by atoms with Crippen LogP contribution in [0.25, 0.3) is 0 Å². The second kappa shape index (κ2) is 40.7. The molecule has 0 radical (unpaired) electrons. The van der Waals surface area contributed by atoms with E-state index < -0.39 is 163 Å². The molecule has 10 amide bonds. The van der Waals surface area contributed by atoms with Gasteiger partial charge in [0.2, 0.25) is 59.1 Å². The first-order valence-electron chi connectivity index (χ1n) is 32.0. The number of amides is 10. The summed E-state index contributed by atoms with van der Waals surface area (Å²) in [5.74, 6) is -12.3. The number of nitrogens with one attached hydrogen (secondary N) is 11. The van der Waals surface area contributed by atoms with Crippen LogP contribution < -0.4 is 69.1 Å². The molecule has 93 heavy (non-hydrogen) atoms. The number of hydrogen-bond donors (Lipinski definition) is 12. The summed E-state index contributed by atoms with van der Waals surface area (Å²) in [7, 11) is 0. The summed E-state index contributed by atoms with van der Waals surface area (Å²) in [6.07, 6.45) is 1.96. The molecule has 2 aliphatic rings. The van der Waals surface area contributed by atoms with Gasteiger partial charge in [-0.25, -0.2) is 4.98 Å². The van der Waals surface area contributed by atoms with Gasteiger partial charge in [0.15, 0.2) is 0 Å².